The zero-order valence-electron chi connectivity index (χ0n) is 14.9. The molecule has 0 aromatic heterocycles. The van der Waals surface area contributed by atoms with Gasteiger partial charge in [-0.1, -0.05) is 39.0 Å². The van der Waals surface area contributed by atoms with Crippen LogP contribution in [0.4, 0.5) is 0 Å². The Morgan fingerprint density at radius 1 is 1.04 bits per heavy atom. The number of amides is 2. The Bertz CT molecular complexity index is 560. The molecule has 0 aliphatic rings. The van der Waals surface area contributed by atoms with E-state index < -0.39 is 17.4 Å². The van der Waals surface area contributed by atoms with E-state index in [-0.39, 0.29) is 12.0 Å². The summed E-state index contributed by atoms with van der Waals surface area (Å²) in [5.74, 6) is -0.576. The lowest BCUT2D eigenvalue weighted by Gasteiger charge is -2.33. The Balaban J connectivity index is 2.59. The molecule has 0 bridgehead atoms. The number of benzene rings is 1. The molecule has 2 amide bonds. The maximum Gasteiger partial charge on any atom is 0.309 e. The molecular weight excluding hydrogens is 292 g/mol. The molecule has 0 radical (unpaired) electrons. The van der Waals surface area contributed by atoms with Gasteiger partial charge in [-0.05, 0) is 31.7 Å². The van der Waals surface area contributed by atoms with E-state index in [1.165, 1.54) is 0 Å². The van der Waals surface area contributed by atoms with Crippen LogP contribution in [0.2, 0.25) is 0 Å². The van der Waals surface area contributed by atoms with Crippen molar-refractivity contribution in [3.63, 3.8) is 0 Å². The van der Waals surface area contributed by atoms with Crippen LogP contribution in [0, 0.1) is 5.41 Å². The second kappa shape index (κ2) is 7.49. The Morgan fingerprint density at radius 3 is 2.22 bits per heavy atom. The molecule has 1 rings (SSSR count). The molecule has 0 aliphatic heterocycles. The summed E-state index contributed by atoms with van der Waals surface area (Å²) in [4.78, 5) is 24.1. The molecule has 0 spiro atoms. The molecule has 0 unspecified atom stereocenters. The molecule has 23 heavy (non-hydrogen) atoms. The minimum absolute atomic E-state index is 0.0602. The van der Waals surface area contributed by atoms with Crippen LogP contribution in [0.1, 0.15) is 46.6 Å². The summed E-state index contributed by atoms with van der Waals surface area (Å²) in [7, 11) is 1.57. The van der Waals surface area contributed by atoms with Crippen molar-refractivity contribution in [2.24, 2.45) is 5.41 Å². The predicted molar refractivity (Wildman–Crippen MR) is 91.1 cm³/mol. The maximum atomic E-state index is 12.1. The van der Waals surface area contributed by atoms with E-state index in [9.17, 15) is 9.59 Å². The number of hydrogen-bond acceptors (Lipinski definition) is 3. The number of methoxy groups -OCH3 is 1. The molecule has 2 N–H and O–H groups in total. The van der Waals surface area contributed by atoms with Gasteiger partial charge in [-0.3, -0.25) is 9.59 Å². The van der Waals surface area contributed by atoms with Gasteiger partial charge in [-0.15, -0.1) is 0 Å². The third-order valence-electron chi connectivity index (χ3n) is 3.26. The molecule has 0 saturated carbocycles. The molecule has 1 aromatic rings. The molecule has 5 heteroatoms. The average Bonchev–Trinajstić information content (AvgIpc) is 2.41. The quantitative estimate of drug-likeness (QED) is 0.820. The monoisotopic (exact) mass is 320 g/mol. The summed E-state index contributed by atoms with van der Waals surface area (Å²) in [5, 5.41) is 5.42. The van der Waals surface area contributed by atoms with Gasteiger partial charge in [0, 0.05) is 17.6 Å². The Kier molecular flexibility index (Phi) is 6.19. The third-order valence-corrected chi connectivity index (χ3v) is 3.26. The molecule has 0 aliphatic carbocycles. The molecular formula is C18H28N2O3. The van der Waals surface area contributed by atoms with Gasteiger partial charge in [0.05, 0.1) is 7.11 Å². The summed E-state index contributed by atoms with van der Waals surface area (Å²) in [6.07, 6.45) is 0.769. The molecule has 0 atom stereocenters. The van der Waals surface area contributed by atoms with E-state index in [0.717, 1.165) is 12.0 Å². The SMILES string of the molecule is COc1ccccc1CNC(=O)C(=O)NC(C)(C)CC(C)(C)C. The first-order valence-electron chi connectivity index (χ1n) is 7.76. The van der Waals surface area contributed by atoms with Crippen molar-refractivity contribution < 1.29 is 14.3 Å². The van der Waals surface area contributed by atoms with Gasteiger partial charge in [0.2, 0.25) is 0 Å². The first-order chi connectivity index (χ1) is 10.5. The summed E-state index contributed by atoms with van der Waals surface area (Å²) in [6.45, 7) is 10.4. The second-order valence-corrected chi connectivity index (χ2v) is 7.57. The molecule has 1 aromatic carbocycles. The normalized spacial score (nSPS) is 11.7. The first kappa shape index (κ1) is 19.0. The van der Waals surface area contributed by atoms with Gasteiger partial charge in [0.25, 0.3) is 0 Å². The Labute approximate surface area is 138 Å². The van der Waals surface area contributed by atoms with Crippen LogP contribution in [0.15, 0.2) is 24.3 Å². The first-order valence-corrected chi connectivity index (χ1v) is 7.76. The molecule has 128 valence electrons. The molecule has 0 fully saturated rings. The van der Waals surface area contributed by atoms with Crippen molar-refractivity contribution in [3.8, 4) is 5.75 Å². The van der Waals surface area contributed by atoms with E-state index in [1.54, 1.807) is 7.11 Å². The van der Waals surface area contributed by atoms with Gasteiger partial charge >= 0.3 is 11.8 Å². The lowest BCUT2D eigenvalue weighted by molar-refractivity contribution is -0.140. The van der Waals surface area contributed by atoms with Crippen molar-refractivity contribution >= 4 is 11.8 Å². The van der Waals surface area contributed by atoms with E-state index in [2.05, 4.69) is 31.4 Å². The zero-order valence-corrected chi connectivity index (χ0v) is 14.9. The highest BCUT2D eigenvalue weighted by molar-refractivity contribution is 6.35. The summed E-state index contributed by atoms with van der Waals surface area (Å²) in [6, 6.07) is 7.37. The maximum absolute atomic E-state index is 12.1. The van der Waals surface area contributed by atoms with Crippen molar-refractivity contribution in [2.45, 2.75) is 53.1 Å². The Morgan fingerprint density at radius 2 is 1.65 bits per heavy atom. The number of nitrogens with one attached hydrogen (secondary N) is 2. The number of para-hydroxylation sites is 1. The van der Waals surface area contributed by atoms with Crippen LogP contribution < -0.4 is 15.4 Å². The summed E-state index contributed by atoms with van der Waals surface area (Å²) < 4.78 is 5.22. The van der Waals surface area contributed by atoms with Crippen LogP contribution >= 0.6 is 0 Å². The number of carbonyl (C=O) groups excluding carboxylic acids is 2. The predicted octanol–water partition coefficient (Wildman–Crippen LogP) is 2.64. The van der Waals surface area contributed by atoms with Crippen LogP contribution in [0.5, 0.6) is 5.75 Å². The van der Waals surface area contributed by atoms with Gasteiger partial charge in [0.15, 0.2) is 0 Å². The minimum Gasteiger partial charge on any atom is -0.496 e. The standard InChI is InChI=1S/C18H28N2O3/c1-17(2,3)12-18(4,5)20-16(22)15(21)19-11-13-9-7-8-10-14(13)23-6/h7-10H,11-12H2,1-6H3,(H,19,21)(H,20,22). The van der Waals surface area contributed by atoms with Crippen molar-refractivity contribution in [1.82, 2.24) is 10.6 Å². The lowest BCUT2D eigenvalue weighted by Crippen LogP contribution is -2.51. The van der Waals surface area contributed by atoms with Crippen LogP contribution in [-0.4, -0.2) is 24.5 Å². The number of hydrogen-bond donors (Lipinski definition) is 2. The number of rotatable bonds is 5. The fourth-order valence-corrected chi connectivity index (χ4v) is 2.84. The highest BCUT2D eigenvalue weighted by atomic mass is 16.5. The highest BCUT2D eigenvalue weighted by Crippen LogP contribution is 2.26. The fraction of sp³-hybridized carbons (Fsp3) is 0.556. The topological polar surface area (TPSA) is 67.4 Å². The van der Waals surface area contributed by atoms with Crippen molar-refractivity contribution in [1.29, 1.82) is 0 Å². The van der Waals surface area contributed by atoms with E-state index >= 15 is 0 Å². The van der Waals surface area contributed by atoms with Gasteiger partial charge in [-0.2, -0.15) is 0 Å². The summed E-state index contributed by atoms with van der Waals surface area (Å²) in [5.41, 5.74) is 0.437. The number of ether oxygens (including phenoxy) is 1. The van der Waals surface area contributed by atoms with Crippen LogP contribution in [0.25, 0.3) is 0 Å². The van der Waals surface area contributed by atoms with E-state index in [4.69, 9.17) is 4.74 Å². The number of carbonyl (C=O) groups is 2. The van der Waals surface area contributed by atoms with Crippen molar-refractivity contribution in [2.75, 3.05) is 7.11 Å². The lowest BCUT2D eigenvalue weighted by atomic mass is 9.82. The Hall–Kier alpha value is -2.04. The molecule has 0 saturated heterocycles. The van der Waals surface area contributed by atoms with Crippen LogP contribution in [-0.2, 0) is 16.1 Å². The van der Waals surface area contributed by atoms with Gasteiger partial charge in [-0.25, -0.2) is 0 Å². The summed E-state index contributed by atoms with van der Waals surface area (Å²) >= 11 is 0. The largest absolute Gasteiger partial charge is 0.496 e. The third kappa shape index (κ3) is 6.72. The van der Waals surface area contributed by atoms with Crippen molar-refractivity contribution in [3.05, 3.63) is 29.8 Å². The average molecular weight is 320 g/mol. The molecule has 0 heterocycles. The van der Waals surface area contributed by atoms with Gasteiger partial charge < -0.3 is 15.4 Å². The van der Waals surface area contributed by atoms with Gasteiger partial charge in [0.1, 0.15) is 5.75 Å². The fourth-order valence-electron chi connectivity index (χ4n) is 2.84. The second-order valence-electron chi connectivity index (χ2n) is 7.57. The molecule has 5 nitrogen and oxygen atoms in total. The van der Waals surface area contributed by atoms with E-state index in [1.807, 2.05) is 38.1 Å². The highest BCUT2D eigenvalue weighted by Gasteiger charge is 2.29. The van der Waals surface area contributed by atoms with E-state index in [0.29, 0.717) is 5.75 Å². The smallest absolute Gasteiger partial charge is 0.309 e. The minimum atomic E-state index is -0.641. The van der Waals surface area contributed by atoms with Crippen LogP contribution in [0.3, 0.4) is 0 Å². The zero-order chi connectivity index (χ0) is 17.7.